The first kappa shape index (κ1) is 11.9. The van der Waals surface area contributed by atoms with Crippen LogP contribution in [0.25, 0.3) is 0 Å². The van der Waals surface area contributed by atoms with E-state index < -0.39 is 0 Å². The Morgan fingerprint density at radius 1 is 1.47 bits per heavy atom. The van der Waals surface area contributed by atoms with Crippen LogP contribution < -0.4 is 5.32 Å². The molecule has 4 heteroatoms. The van der Waals surface area contributed by atoms with Gasteiger partial charge in [-0.15, -0.1) is 0 Å². The zero-order chi connectivity index (χ0) is 12.1. The molecule has 2 rings (SSSR count). The SMILES string of the molecule is CC(NC(=O)OCc1ccccc1)C1COC1. The van der Waals surface area contributed by atoms with Gasteiger partial charge in [0.25, 0.3) is 0 Å². The van der Waals surface area contributed by atoms with E-state index in [0.29, 0.717) is 12.5 Å². The number of ether oxygens (including phenoxy) is 2. The summed E-state index contributed by atoms with van der Waals surface area (Å²) < 4.78 is 10.2. The van der Waals surface area contributed by atoms with Crippen LogP contribution >= 0.6 is 0 Å². The van der Waals surface area contributed by atoms with Gasteiger partial charge in [0.05, 0.1) is 13.2 Å². The maximum Gasteiger partial charge on any atom is 0.407 e. The molecule has 1 aliphatic rings. The lowest BCUT2D eigenvalue weighted by molar-refractivity contribution is -0.0461. The molecule has 0 bridgehead atoms. The number of hydrogen-bond donors (Lipinski definition) is 1. The summed E-state index contributed by atoms with van der Waals surface area (Å²) in [6.45, 7) is 3.72. The van der Waals surface area contributed by atoms with Gasteiger partial charge in [0.2, 0.25) is 0 Å². The van der Waals surface area contributed by atoms with Gasteiger partial charge in [0.1, 0.15) is 6.61 Å². The first-order valence-electron chi connectivity index (χ1n) is 5.80. The van der Waals surface area contributed by atoms with Crippen molar-refractivity contribution in [3.05, 3.63) is 35.9 Å². The monoisotopic (exact) mass is 235 g/mol. The summed E-state index contributed by atoms with van der Waals surface area (Å²) in [5, 5.41) is 2.81. The van der Waals surface area contributed by atoms with Crippen molar-refractivity contribution in [1.82, 2.24) is 5.32 Å². The molecule has 0 saturated carbocycles. The van der Waals surface area contributed by atoms with Crippen LogP contribution in [0.4, 0.5) is 4.79 Å². The van der Waals surface area contributed by atoms with Gasteiger partial charge >= 0.3 is 6.09 Å². The maximum absolute atomic E-state index is 11.5. The van der Waals surface area contributed by atoms with E-state index in [1.807, 2.05) is 37.3 Å². The fraction of sp³-hybridized carbons (Fsp3) is 0.462. The average Bonchev–Trinajstić information content (AvgIpc) is 2.25. The molecule has 1 heterocycles. The van der Waals surface area contributed by atoms with Crippen LogP contribution in [0.15, 0.2) is 30.3 Å². The molecule has 0 radical (unpaired) electrons. The van der Waals surface area contributed by atoms with E-state index in [9.17, 15) is 4.79 Å². The van der Waals surface area contributed by atoms with Crippen molar-refractivity contribution in [3.63, 3.8) is 0 Å². The smallest absolute Gasteiger partial charge is 0.407 e. The summed E-state index contributed by atoms with van der Waals surface area (Å²) in [6, 6.07) is 9.73. The number of benzene rings is 1. The molecule has 4 nitrogen and oxygen atoms in total. The van der Waals surface area contributed by atoms with Crippen LogP contribution in [0.5, 0.6) is 0 Å². The van der Waals surface area contributed by atoms with Crippen molar-refractivity contribution < 1.29 is 14.3 Å². The minimum atomic E-state index is -0.367. The Kier molecular flexibility index (Phi) is 3.98. The van der Waals surface area contributed by atoms with Gasteiger partial charge in [-0.25, -0.2) is 4.79 Å². The van der Waals surface area contributed by atoms with E-state index in [1.165, 1.54) is 0 Å². The summed E-state index contributed by atoms with van der Waals surface area (Å²) in [4.78, 5) is 11.5. The summed E-state index contributed by atoms with van der Waals surface area (Å²) in [7, 11) is 0. The highest BCUT2D eigenvalue weighted by molar-refractivity contribution is 5.67. The molecule has 1 aromatic rings. The van der Waals surface area contributed by atoms with E-state index in [4.69, 9.17) is 9.47 Å². The van der Waals surface area contributed by atoms with E-state index in [1.54, 1.807) is 0 Å². The van der Waals surface area contributed by atoms with Crippen molar-refractivity contribution in [3.8, 4) is 0 Å². The quantitative estimate of drug-likeness (QED) is 0.867. The topological polar surface area (TPSA) is 47.6 Å². The number of alkyl carbamates (subject to hydrolysis) is 1. The second-order valence-electron chi connectivity index (χ2n) is 4.29. The highest BCUT2D eigenvalue weighted by Crippen LogP contribution is 2.14. The molecule has 0 aliphatic carbocycles. The first-order chi connectivity index (χ1) is 8.25. The molecule has 1 aliphatic heterocycles. The Labute approximate surface area is 101 Å². The lowest BCUT2D eigenvalue weighted by atomic mass is 10.0. The third kappa shape index (κ3) is 3.46. The summed E-state index contributed by atoms with van der Waals surface area (Å²) in [5.41, 5.74) is 0.988. The van der Waals surface area contributed by atoms with Crippen LogP contribution in [0, 0.1) is 5.92 Å². The van der Waals surface area contributed by atoms with Gasteiger partial charge in [-0.1, -0.05) is 30.3 Å². The van der Waals surface area contributed by atoms with Crippen LogP contribution in [0.2, 0.25) is 0 Å². The van der Waals surface area contributed by atoms with Crippen molar-refractivity contribution in [1.29, 1.82) is 0 Å². The van der Waals surface area contributed by atoms with E-state index in [0.717, 1.165) is 18.8 Å². The Bertz CT molecular complexity index is 362. The third-order valence-corrected chi connectivity index (χ3v) is 2.93. The molecule has 1 amide bonds. The molecule has 1 unspecified atom stereocenters. The van der Waals surface area contributed by atoms with Crippen LogP contribution in [-0.2, 0) is 16.1 Å². The number of rotatable bonds is 4. The largest absolute Gasteiger partial charge is 0.445 e. The van der Waals surface area contributed by atoms with Gasteiger partial charge < -0.3 is 14.8 Å². The highest BCUT2D eigenvalue weighted by Gasteiger charge is 2.26. The second-order valence-corrected chi connectivity index (χ2v) is 4.29. The van der Waals surface area contributed by atoms with Crippen LogP contribution in [-0.4, -0.2) is 25.3 Å². The number of nitrogens with one attached hydrogen (secondary N) is 1. The molecule has 1 saturated heterocycles. The molecule has 0 spiro atoms. The fourth-order valence-electron chi connectivity index (χ4n) is 1.61. The molecule has 17 heavy (non-hydrogen) atoms. The number of carbonyl (C=O) groups is 1. The highest BCUT2D eigenvalue weighted by atomic mass is 16.5. The summed E-state index contributed by atoms with van der Waals surface area (Å²) in [6.07, 6.45) is -0.367. The molecule has 1 aromatic carbocycles. The molecule has 0 aromatic heterocycles. The van der Waals surface area contributed by atoms with Gasteiger partial charge in [-0.2, -0.15) is 0 Å². The predicted octanol–water partition coefficient (Wildman–Crippen LogP) is 1.95. The Morgan fingerprint density at radius 3 is 2.76 bits per heavy atom. The third-order valence-electron chi connectivity index (χ3n) is 2.93. The Balaban J connectivity index is 1.70. The predicted molar refractivity (Wildman–Crippen MR) is 63.5 cm³/mol. The van der Waals surface area contributed by atoms with Crippen molar-refractivity contribution in [2.75, 3.05) is 13.2 Å². The molecule has 1 atom stereocenters. The minimum Gasteiger partial charge on any atom is -0.445 e. The standard InChI is InChI=1S/C13H17NO3/c1-10(12-8-16-9-12)14-13(15)17-7-11-5-3-2-4-6-11/h2-6,10,12H,7-9H2,1H3,(H,14,15). The Morgan fingerprint density at radius 2 is 2.18 bits per heavy atom. The Hall–Kier alpha value is -1.55. The lowest BCUT2D eigenvalue weighted by Crippen LogP contribution is -2.46. The van der Waals surface area contributed by atoms with Crippen LogP contribution in [0.1, 0.15) is 12.5 Å². The minimum absolute atomic E-state index is 0.104. The molecular weight excluding hydrogens is 218 g/mol. The average molecular weight is 235 g/mol. The zero-order valence-electron chi connectivity index (χ0n) is 9.89. The molecular formula is C13H17NO3. The van der Waals surface area contributed by atoms with Gasteiger partial charge in [0, 0.05) is 12.0 Å². The van der Waals surface area contributed by atoms with E-state index in [2.05, 4.69) is 5.32 Å². The second kappa shape index (κ2) is 5.68. The maximum atomic E-state index is 11.5. The molecule has 1 N–H and O–H groups in total. The van der Waals surface area contributed by atoms with Crippen molar-refractivity contribution in [2.45, 2.75) is 19.6 Å². The van der Waals surface area contributed by atoms with Gasteiger partial charge in [-0.05, 0) is 12.5 Å². The number of hydrogen-bond acceptors (Lipinski definition) is 3. The van der Waals surface area contributed by atoms with Gasteiger partial charge in [-0.3, -0.25) is 0 Å². The lowest BCUT2D eigenvalue weighted by Gasteiger charge is -2.31. The van der Waals surface area contributed by atoms with Crippen LogP contribution in [0.3, 0.4) is 0 Å². The normalized spacial score (nSPS) is 17.0. The van der Waals surface area contributed by atoms with E-state index >= 15 is 0 Å². The zero-order valence-corrected chi connectivity index (χ0v) is 9.89. The number of carbonyl (C=O) groups excluding carboxylic acids is 1. The first-order valence-corrected chi connectivity index (χ1v) is 5.80. The molecule has 92 valence electrons. The van der Waals surface area contributed by atoms with E-state index in [-0.39, 0.29) is 12.1 Å². The summed E-state index contributed by atoms with van der Waals surface area (Å²) in [5.74, 6) is 0.416. The van der Waals surface area contributed by atoms with Crippen molar-refractivity contribution >= 4 is 6.09 Å². The molecule has 1 fully saturated rings. The number of amides is 1. The summed E-state index contributed by atoms with van der Waals surface area (Å²) >= 11 is 0. The van der Waals surface area contributed by atoms with Gasteiger partial charge in [0.15, 0.2) is 0 Å². The van der Waals surface area contributed by atoms with Crippen molar-refractivity contribution in [2.24, 2.45) is 5.92 Å². The fourth-order valence-corrected chi connectivity index (χ4v) is 1.61.